The van der Waals surface area contributed by atoms with E-state index in [0.717, 1.165) is 49.3 Å². The Balaban J connectivity index is 1.52. The van der Waals surface area contributed by atoms with E-state index in [1.807, 2.05) is 24.4 Å². The van der Waals surface area contributed by atoms with Gasteiger partial charge in [-0.15, -0.1) is 0 Å². The lowest BCUT2D eigenvalue weighted by Gasteiger charge is -2.29. The van der Waals surface area contributed by atoms with Crippen molar-refractivity contribution >= 4 is 15.9 Å². The molecule has 1 fully saturated rings. The summed E-state index contributed by atoms with van der Waals surface area (Å²) in [7, 11) is 0. The lowest BCUT2D eigenvalue weighted by atomic mass is 10.1. The van der Waals surface area contributed by atoms with E-state index in [0.29, 0.717) is 5.75 Å². The van der Waals surface area contributed by atoms with Crippen LogP contribution in [-0.2, 0) is 13.1 Å². The van der Waals surface area contributed by atoms with Crippen molar-refractivity contribution < 1.29 is 14.9 Å². The van der Waals surface area contributed by atoms with Crippen molar-refractivity contribution in [2.24, 2.45) is 0 Å². The second kappa shape index (κ2) is 7.22. The molecule has 116 valence electrons. The number of benzene rings is 1. The maximum Gasteiger partial charge on any atom is 0.127 e. The number of hydrogen-bond acceptors (Lipinski definition) is 2. The van der Waals surface area contributed by atoms with Crippen LogP contribution in [0.3, 0.4) is 0 Å². The molecule has 2 heterocycles. The molecule has 1 aromatic heterocycles. The molecule has 0 aliphatic carbocycles. The number of nitrogens with zero attached hydrogens (tertiary/aromatic N) is 1. The Morgan fingerprint density at radius 2 is 1.73 bits per heavy atom. The van der Waals surface area contributed by atoms with Crippen LogP contribution in [0, 0.1) is 0 Å². The predicted octanol–water partition coefficient (Wildman–Crippen LogP) is 0.0333. The van der Waals surface area contributed by atoms with E-state index in [4.69, 9.17) is 0 Å². The van der Waals surface area contributed by atoms with E-state index in [-0.39, 0.29) is 0 Å². The van der Waals surface area contributed by atoms with E-state index in [1.54, 1.807) is 11.0 Å². The zero-order chi connectivity index (χ0) is 15.4. The van der Waals surface area contributed by atoms with Gasteiger partial charge in [-0.2, -0.15) is 0 Å². The number of aromatic nitrogens is 1. The molecule has 3 rings (SSSR count). The minimum Gasteiger partial charge on any atom is -0.507 e. The highest BCUT2D eigenvalue weighted by molar-refractivity contribution is 9.10. The second-order valence-corrected chi connectivity index (χ2v) is 6.86. The van der Waals surface area contributed by atoms with Crippen molar-refractivity contribution in [2.45, 2.75) is 13.1 Å². The smallest absolute Gasteiger partial charge is 0.127 e. The lowest BCUT2D eigenvalue weighted by molar-refractivity contribution is -1.02. The minimum absolute atomic E-state index is 0.402. The van der Waals surface area contributed by atoms with Gasteiger partial charge in [-0.25, -0.2) is 0 Å². The quantitative estimate of drug-likeness (QED) is 0.717. The standard InChI is InChI=1S/C17H20BrN3O/c18-15-4-5-17(22)14(11-15)12-20-7-9-21(10-8-20)13-16-3-1-2-6-19-16/h1-6,11,22H,7-10,12-13H2/p+2. The molecule has 1 aromatic carbocycles. The van der Waals surface area contributed by atoms with Crippen LogP contribution in [0.2, 0.25) is 0 Å². The summed E-state index contributed by atoms with van der Waals surface area (Å²) in [5.41, 5.74) is 2.20. The monoisotopic (exact) mass is 363 g/mol. The van der Waals surface area contributed by atoms with Crippen LogP contribution < -0.4 is 9.80 Å². The summed E-state index contributed by atoms with van der Waals surface area (Å²) in [5.74, 6) is 0.402. The highest BCUT2D eigenvalue weighted by Gasteiger charge is 2.24. The number of quaternary nitrogens is 2. The fourth-order valence-corrected chi connectivity index (χ4v) is 3.44. The van der Waals surface area contributed by atoms with E-state index in [9.17, 15) is 5.11 Å². The molecular formula is C17H22BrN3O+2. The van der Waals surface area contributed by atoms with E-state index >= 15 is 0 Å². The maximum absolute atomic E-state index is 9.96. The number of aromatic hydroxyl groups is 1. The number of piperazine rings is 1. The molecule has 0 spiro atoms. The summed E-state index contributed by atoms with van der Waals surface area (Å²) >= 11 is 3.48. The van der Waals surface area contributed by atoms with Gasteiger partial charge in [-0.05, 0) is 30.3 Å². The molecule has 22 heavy (non-hydrogen) atoms. The average molecular weight is 364 g/mol. The number of rotatable bonds is 4. The van der Waals surface area contributed by atoms with E-state index in [2.05, 4.69) is 33.0 Å². The van der Waals surface area contributed by atoms with Gasteiger partial charge in [0.15, 0.2) is 0 Å². The van der Waals surface area contributed by atoms with Crippen LogP contribution in [0.25, 0.3) is 0 Å². The molecule has 0 amide bonds. The van der Waals surface area contributed by atoms with Gasteiger partial charge in [-0.1, -0.05) is 22.0 Å². The Bertz CT molecular complexity index is 613. The topological polar surface area (TPSA) is 42.0 Å². The molecule has 1 aliphatic heterocycles. The first-order chi connectivity index (χ1) is 10.7. The molecule has 2 aromatic rings. The number of pyridine rings is 1. The fraction of sp³-hybridized carbons (Fsp3) is 0.353. The first-order valence-electron chi connectivity index (χ1n) is 7.75. The van der Waals surface area contributed by atoms with Crippen molar-refractivity contribution in [1.82, 2.24) is 4.98 Å². The number of phenols is 1. The molecule has 1 saturated heterocycles. The zero-order valence-corrected chi connectivity index (χ0v) is 14.1. The van der Waals surface area contributed by atoms with Gasteiger partial charge in [0.05, 0.1) is 5.69 Å². The van der Waals surface area contributed by atoms with Gasteiger partial charge < -0.3 is 14.9 Å². The molecule has 0 saturated carbocycles. The van der Waals surface area contributed by atoms with Crippen molar-refractivity contribution in [1.29, 1.82) is 0 Å². The Hall–Kier alpha value is -1.43. The highest BCUT2D eigenvalue weighted by Crippen LogP contribution is 2.20. The normalized spacial score (nSPS) is 21.7. The van der Waals surface area contributed by atoms with E-state index < -0.39 is 0 Å². The van der Waals surface area contributed by atoms with Gasteiger partial charge in [0.1, 0.15) is 45.0 Å². The third-order valence-electron chi connectivity index (χ3n) is 4.30. The third kappa shape index (κ3) is 4.06. The maximum atomic E-state index is 9.96. The third-order valence-corrected chi connectivity index (χ3v) is 4.80. The number of hydrogen-bond donors (Lipinski definition) is 3. The Morgan fingerprint density at radius 3 is 2.41 bits per heavy atom. The SMILES string of the molecule is Oc1ccc(Br)cc1C[NH+]1CC[NH+](Cc2ccccn2)CC1. The van der Waals surface area contributed by atoms with Gasteiger partial charge in [-0.3, -0.25) is 4.98 Å². The molecule has 3 N–H and O–H groups in total. The van der Waals surface area contributed by atoms with Gasteiger partial charge in [0, 0.05) is 16.2 Å². The Labute approximate surface area is 139 Å². The molecule has 1 aliphatic rings. The number of nitrogens with one attached hydrogen (secondary N) is 2. The molecule has 0 atom stereocenters. The van der Waals surface area contributed by atoms with Crippen molar-refractivity contribution in [2.75, 3.05) is 26.2 Å². The fourth-order valence-electron chi connectivity index (χ4n) is 3.03. The predicted molar refractivity (Wildman–Crippen MR) is 88.8 cm³/mol. The molecule has 4 nitrogen and oxygen atoms in total. The summed E-state index contributed by atoms with van der Waals surface area (Å²) in [6, 6.07) is 11.8. The van der Waals surface area contributed by atoms with Crippen molar-refractivity contribution in [3.8, 4) is 5.75 Å². The second-order valence-electron chi connectivity index (χ2n) is 5.95. The number of halogens is 1. The van der Waals surface area contributed by atoms with Crippen LogP contribution in [0.4, 0.5) is 0 Å². The molecule has 0 bridgehead atoms. The van der Waals surface area contributed by atoms with Gasteiger partial charge in [0.2, 0.25) is 0 Å². The Morgan fingerprint density at radius 1 is 1.00 bits per heavy atom. The van der Waals surface area contributed by atoms with Gasteiger partial charge >= 0.3 is 0 Å². The van der Waals surface area contributed by atoms with Crippen LogP contribution in [0.15, 0.2) is 47.1 Å². The average Bonchev–Trinajstić information content (AvgIpc) is 2.54. The molecule has 5 heteroatoms. The molecular weight excluding hydrogens is 342 g/mol. The molecule has 0 unspecified atom stereocenters. The number of phenolic OH excluding ortho intramolecular Hbond substituents is 1. The van der Waals surface area contributed by atoms with Crippen LogP contribution in [0.1, 0.15) is 11.3 Å². The highest BCUT2D eigenvalue weighted by atomic mass is 79.9. The minimum atomic E-state index is 0.402. The summed E-state index contributed by atoms with van der Waals surface area (Å²) < 4.78 is 1.03. The van der Waals surface area contributed by atoms with Crippen LogP contribution >= 0.6 is 15.9 Å². The first kappa shape index (κ1) is 15.5. The summed E-state index contributed by atoms with van der Waals surface area (Å²) in [4.78, 5) is 7.55. The largest absolute Gasteiger partial charge is 0.507 e. The van der Waals surface area contributed by atoms with Crippen molar-refractivity contribution in [3.63, 3.8) is 0 Å². The first-order valence-corrected chi connectivity index (χ1v) is 8.54. The van der Waals surface area contributed by atoms with Gasteiger partial charge in [0.25, 0.3) is 0 Å². The summed E-state index contributed by atoms with van der Waals surface area (Å²) in [6.45, 7) is 6.47. The summed E-state index contributed by atoms with van der Waals surface area (Å²) in [6.07, 6.45) is 1.87. The zero-order valence-electron chi connectivity index (χ0n) is 12.6. The van der Waals surface area contributed by atoms with Crippen LogP contribution in [-0.4, -0.2) is 36.3 Å². The lowest BCUT2D eigenvalue weighted by Crippen LogP contribution is -3.27. The summed E-state index contributed by atoms with van der Waals surface area (Å²) in [5, 5.41) is 9.96. The Kier molecular flexibility index (Phi) is 5.08. The van der Waals surface area contributed by atoms with Crippen LogP contribution in [0.5, 0.6) is 5.75 Å². The molecule has 0 radical (unpaired) electrons. The van der Waals surface area contributed by atoms with E-state index in [1.165, 1.54) is 10.6 Å². The van der Waals surface area contributed by atoms with Crippen molar-refractivity contribution in [3.05, 3.63) is 58.3 Å².